The van der Waals surface area contributed by atoms with Gasteiger partial charge in [-0.3, -0.25) is 4.90 Å². The number of hydrogen-bond acceptors (Lipinski definition) is 3. The molecule has 4 heteroatoms. The van der Waals surface area contributed by atoms with Gasteiger partial charge in [-0.15, -0.1) is 0 Å². The van der Waals surface area contributed by atoms with Crippen molar-refractivity contribution in [1.29, 1.82) is 0 Å². The Morgan fingerprint density at radius 3 is 2.61 bits per heavy atom. The van der Waals surface area contributed by atoms with Crippen LogP contribution in [-0.2, 0) is 6.54 Å². The van der Waals surface area contributed by atoms with Crippen LogP contribution in [0.15, 0.2) is 18.2 Å². The third-order valence-corrected chi connectivity index (χ3v) is 3.62. The minimum Gasteiger partial charge on any atom is -0.494 e. The van der Waals surface area contributed by atoms with Crippen LogP contribution in [-0.4, -0.2) is 30.6 Å². The number of nitrogens with two attached hydrogens (primary N) is 1. The van der Waals surface area contributed by atoms with E-state index in [4.69, 9.17) is 10.5 Å². The zero-order valence-corrected chi connectivity index (χ0v) is 11.1. The standard InChI is InChI=1S/C14H21FN2O/c1-14(16)5-7-17(8-6-14)10-11-3-4-13(18-2)12(15)9-11/h3-4,9H,5-8,10,16H2,1-2H3. The molecular weight excluding hydrogens is 231 g/mol. The Bertz CT molecular complexity index is 410. The van der Waals surface area contributed by atoms with E-state index in [1.165, 1.54) is 7.11 Å². The smallest absolute Gasteiger partial charge is 0.165 e. The van der Waals surface area contributed by atoms with Crippen molar-refractivity contribution in [2.45, 2.75) is 31.8 Å². The first-order chi connectivity index (χ1) is 8.50. The van der Waals surface area contributed by atoms with E-state index in [1.54, 1.807) is 12.1 Å². The lowest BCUT2D eigenvalue weighted by Gasteiger charge is -2.36. The molecule has 1 heterocycles. The quantitative estimate of drug-likeness (QED) is 0.895. The normalized spacial score (nSPS) is 19.8. The molecule has 1 fully saturated rings. The van der Waals surface area contributed by atoms with Crippen LogP contribution in [0.3, 0.4) is 0 Å². The maximum absolute atomic E-state index is 13.6. The highest BCUT2D eigenvalue weighted by Crippen LogP contribution is 2.22. The third kappa shape index (κ3) is 3.21. The molecule has 0 radical (unpaired) electrons. The summed E-state index contributed by atoms with van der Waals surface area (Å²) < 4.78 is 18.5. The van der Waals surface area contributed by atoms with Gasteiger partial charge >= 0.3 is 0 Å². The molecule has 2 rings (SSSR count). The maximum Gasteiger partial charge on any atom is 0.165 e. The number of benzene rings is 1. The van der Waals surface area contributed by atoms with Gasteiger partial charge in [0, 0.05) is 25.2 Å². The molecule has 0 amide bonds. The lowest BCUT2D eigenvalue weighted by molar-refractivity contribution is 0.165. The first kappa shape index (κ1) is 13.3. The van der Waals surface area contributed by atoms with Crippen molar-refractivity contribution in [3.63, 3.8) is 0 Å². The monoisotopic (exact) mass is 252 g/mol. The predicted octanol–water partition coefficient (Wildman–Crippen LogP) is 2.15. The summed E-state index contributed by atoms with van der Waals surface area (Å²) in [6.07, 6.45) is 1.98. The molecule has 0 atom stereocenters. The summed E-state index contributed by atoms with van der Waals surface area (Å²) in [5, 5.41) is 0. The summed E-state index contributed by atoms with van der Waals surface area (Å²) in [5.41, 5.74) is 7.03. The topological polar surface area (TPSA) is 38.5 Å². The van der Waals surface area contributed by atoms with Gasteiger partial charge in [-0.2, -0.15) is 0 Å². The predicted molar refractivity (Wildman–Crippen MR) is 70.1 cm³/mol. The number of rotatable bonds is 3. The molecular formula is C14H21FN2O. The molecule has 1 saturated heterocycles. The molecule has 1 aliphatic rings. The Morgan fingerprint density at radius 1 is 1.39 bits per heavy atom. The van der Waals surface area contributed by atoms with Crippen molar-refractivity contribution in [2.75, 3.05) is 20.2 Å². The lowest BCUT2D eigenvalue weighted by atomic mass is 9.91. The van der Waals surface area contributed by atoms with Gasteiger partial charge in [0.1, 0.15) is 0 Å². The highest BCUT2D eigenvalue weighted by Gasteiger charge is 2.25. The van der Waals surface area contributed by atoms with Gasteiger partial charge in [0.15, 0.2) is 11.6 Å². The average Bonchev–Trinajstić information content (AvgIpc) is 2.32. The van der Waals surface area contributed by atoms with E-state index in [0.29, 0.717) is 5.75 Å². The van der Waals surface area contributed by atoms with Gasteiger partial charge in [0.25, 0.3) is 0 Å². The summed E-state index contributed by atoms with van der Waals surface area (Å²) >= 11 is 0. The fourth-order valence-corrected chi connectivity index (χ4v) is 2.29. The number of halogens is 1. The van der Waals surface area contributed by atoms with Gasteiger partial charge in [-0.25, -0.2) is 4.39 Å². The largest absolute Gasteiger partial charge is 0.494 e. The van der Waals surface area contributed by atoms with Gasteiger partial charge in [0.2, 0.25) is 0 Å². The highest BCUT2D eigenvalue weighted by molar-refractivity contribution is 5.29. The first-order valence-corrected chi connectivity index (χ1v) is 6.34. The van der Waals surface area contributed by atoms with E-state index in [1.807, 2.05) is 6.07 Å². The second kappa shape index (κ2) is 5.24. The van der Waals surface area contributed by atoms with Crippen molar-refractivity contribution >= 4 is 0 Å². The third-order valence-electron chi connectivity index (χ3n) is 3.62. The molecule has 2 N–H and O–H groups in total. The van der Waals surface area contributed by atoms with E-state index < -0.39 is 0 Å². The van der Waals surface area contributed by atoms with Crippen LogP contribution < -0.4 is 10.5 Å². The van der Waals surface area contributed by atoms with E-state index in [-0.39, 0.29) is 11.4 Å². The summed E-state index contributed by atoms with van der Waals surface area (Å²) in [4.78, 5) is 2.32. The Hall–Kier alpha value is -1.13. The van der Waals surface area contributed by atoms with Crippen LogP contribution in [0.25, 0.3) is 0 Å². The van der Waals surface area contributed by atoms with Crippen LogP contribution in [0.5, 0.6) is 5.75 Å². The lowest BCUT2D eigenvalue weighted by Crippen LogP contribution is -2.47. The maximum atomic E-state index is 13.6. The molecule has 100 valence electrons. The Kier molecular flexibility index (Phi) is 3.88. The molecule has 1 aromatic carbocycles. The van der Waals surface area contributed by atoms with Gasteiger partial charge in [0.05, 0.1) is 7.11 Å². The van der Waals surface area contributed by atoms with Crippen LogP contribution in [0, 0.1) is 5.82 Å². The zero-order valence-electron chi connectivity index (χ0n) is 11.1. The van der Waals surface area contributed by atoms with Gasteiger partial charge in [-0.1, -0.05) is 6.07 Å². The SMILES string of the molecule is COc1ccc(CN2CCC(C)(N)CC2)cc1F. The molecule has 1 aliphatic heterocycles. The Morgan fingerprint density at radius 2 is 2.06 bits per heavy atom. The van der Waals surface area contributed by atoms with Crippen LogP contribution in [0.2, 0.25) is 0 Å². The van der Waals surface area contributed by atoms with Crippen molar-refractivity contribution in [3.05, 3.63) is 29.6 Å². The van der Waals surface area contributed by atoms with Crippen molar-refractivity contribution in [1.82, 2.24) is 4.90 Å². The number of nitrogens with zero attached hydrogens (tertiary/aromatic N) is 1. The van der Waals surface area contributed by atoms with Crippen LogP contribution in [0.1, 0.15) is 25.3 Å². The van der Waals surface area contributed by atoms with Gasteiger partial charge < -0.3 is 10.5 Å². The van der Waals surface area contributed by atoms with Gasteiger partial charge in [-0.05, 0) is 37.5 Å². The van der Waals surface area contributed by atoms with E-state index in [0.717, 1.165) is 38.0 Å². The number of likely N-dealkylation sites (tertiary alicyclic amines) is 1. The summed E-state index contributed by atoms with van der Waals surface area (Å²) in [7, 11) is 1.48. The molecule has 18 heavy (non-hydrogen) atoms. The molecule has 0 saturated carbocycles. The molecule has 0 unspecified atom stereocenters. The fourth-order valence-electron chi connectivity index (χ4n) is 2.29. The Balaban J connectivity index is 1.96. The molecule has 0 aromatic heterocycles. The van der Waals surface area contributed by atoms with Crippen molar-refractivity contribution in [3.8, 4) is 5.75 Å². The van der Waals surface area contributed by atoms with Crippen LogP contribution in [0.4, 0.5) is 4.39 Å². The summed E-state index contributed by atoms with van der Waals surface area (Å²) in [6.45, 7) is 4.82. The number of hydrogen-bond donors (Lipinski definition) is 1. The fraction of sp³-hybridized carbons (Fsp3) is 0.571. The highest BCUT2D eigenvalue weighted by atomic mass is 19.1. The van der Waals surface area contributed by atoms with E-state index in [9.17, 15) is 4.39 Å². The molecule has 0 spiro atoms. The summed E-state index contributed by atoms with van der Waals surface area (Å²) in [6, 6.07) is 5.15. The molecule has 0 aliphatic carbocycles. The molecule has 1 aromatic rings. The number of ether oxygens (including phenoxy) is 1. The second-order valence-electron chi connectivity index (χ2n) is 5.40. The van der Waals surface area contributed by atoms with E-state index in [2.05, 4.69) is 11.8 Å². The minimum atomic E-state index is -0.296. The van der Waals surface area contributed by atoms with E-state index >= 15 is 0 Å². The summed E-state index contributed by atoms with van der Waals surface area (Å²) in [5.74, 6) is 0.00241. The average molecular weight is 252 g/mol. The van der Waals surface area contributed by atoms with Crippen molar-refractivity contribution < 1.29 is 9.13 Å². The molecule has 3 nitrogen and oxygen atoms in total. The number of methoxy groups -OCH3 is 1. The molecule has 0 bridgehead atoms. The number of piperidine rings is 1. The zero-order chi connectivity index (χ0) is 13.2. The van der Waals surface area contributed by atoms with Crippen LogP contribution >= 0.6 is 0 Å². The second-order valence-corrected chi connectivity index (χ2v) is 5.40. The minimum absolute atomic E-state index is 0.0400. The van der Waals surface area contributed by atoms with Crippen molar-refractivity contribution in [2.24, 2.45) is 5.73 Å². The Labute approximate surface area is 108 Å². The first-order valence-electron chi connectivity index (χ1n) is 6.34.